The minimum Gasteiger partial charge on any atom is -0.496 e. The van der Waals surface area contributed by atoms with Crippen molar-refractivity contribution in [1.82, 2.24) is 20.3 Å². The number of aromatic nitrogens is 3. The maximum absolute atomic E-state index is 13.1. The van der Waals surface area contributed by atoms with E-state index in [0.717, 1.165) is 12.1 Å². The van der Waals surface area contributed by atoms with E-state index in [1.165, 1.54) is 24.1 Å². The predicted octanol–water partition coefficient (Wildman–Crippen LogP) is 0.554. The molecule has 2 aromatic rings. The number of hydrogen-bond acceptors (Lipinski definition) is 5. The van der Waals surface area contributed by atoms with Crippen LogP contribution >= 0.6 is 0 Å². The van der Waals surface area contributed by atoms with Crippen molar-refractivity contribution < 1.29 is 23.8 Å². The summed E-state index contributed by atoms with van der Waals surface area (Å²) in [6.45, 7) is 0.442. The van der Waals surface area contributed by atoms with Crippen LogP contribution in [-0.2, 0) is 6.54 Å². The minimum atomic E-state index is -1.17. The Morgan fingerprint density at radius 1 is 1.45 bits per heavy atom. The molecule has 1 aromatic carbocycles. The van der Waals surface area contributed by atoms with E-state index < -0.39 is 17.7 Å². The van der Waals surface area contributed by atoms with Crippen LogP contribution in [0.25, 0.3) is 0 Å². The maximum Gasteiger partial charge on any atom is 0.358 e. The first kappa shape index (κ1) is 15.4. The van der Waals surface area contributed by atoms with Gasteiger partial charge in [0.25, 0.3) is 5.91 Å². The number of amides is 1. The molecule has 22 heavy (non-hydrogen) atoms. The first-order valence-electron chi connectivity index (χ1n) is 6.26. The van der Waals surface area contributed by atoms with Crippen LogP contribution in [0.5, 0.6) is 5.75 Å². The summed E-state index contributed by atoms with van der Waals surface area (Å²) in [6, 6.07) is 3.60. The van der Waals surface area contributed by atoms with Crippen molar-refractivity contribution in [3.05, 3.63) is 41.5 Å². The van der Waals surface area contributed by atoms with E-state index in [9.17, 15) is 14.0 Å². The van der Waals surface area contributed by atoms with Gasteiger partial charge in [-0.25, -0.2) is 13.9 Å². The zero-order valence-corrected chi connectivity index (χ0v) is 11.6. The monoisotopic (exact) mass is 308 g/mol. The van der Waals surface area contributed by atoms with Crippen molar-refractivity contribution in [3.8, 4) is 5.75 Å². The van der Waals surface area contributed by atoms with Crippen LogP contribution in [0.2, 0.25) is 0 Å². The molecule has 0 atom stereocenters. The van der Waals surface area contributed by atoms with Gasteiger partial charge in [-0.3, -0.25) is 4.79 Å². The van der Waals surface area contributed by atoms with Gasteiger partial charge in [0, 0.05) is 12.6 Å². The Kier molecular flexibility index (Phi) is 4.66. The first-order chi connectivity index (χ1) is 10.5. The topological polar surface area (TPSA) is 106 Å². The quantitative estimate of drug-likeness (QED) is 0.807. The number of carboxylic acid groups (broad SMARTS) is 1. The Morgan fingerprint density at radius 3 is 2.86 bits per heavy atom. The third kappa shape index (κ3) is 3.57. The van der Waals surface area contributed by atoms with Crippen molar-refractivity contribution in [2.45, 2.75) is 6.54 Å². The van der Waals surface area contributed by atoms with Crippen molar-refractivity contribution in [2.24, 2.45) is 0 Å². The molecular formula is C13H13FN4O4. The van der Waals surface area contributed by atoms with Gasteiger partial charge in [-0.2, -0.15) is 0 Å². The Balaban J connectivity index is 1.94. The Morgan fingerprint density at radius 2 is 2.23 bits per heavy atom. The molecule has 0 aliphatic heterocycles. The number of carbonyl (C=O) groups is 2. The predicted molar refractivity (Wildman–Crippen MR) is 72.3 cm³/mol. The van der Waals surface area contributed by atoms with Crippen molar-refractivity contribution in [1.29, 1.82) is 0 Å². The van der Waals surface area contributed by atoms with E-state index in [2.05, 4.69) is 15.6 Å². The van der Waals surface area contributed by atoms with Crippen molar-refractivity contribution in [2.75, 3.05) is 13.7 Å². The van der Waals surface area contributed by atoms with Gasteiger partial charge >= 0.3 is 5.97 Å². The number of halogens is 1. The van der Waals surface area contributed by atoms with E-state index in [4.69, 9.17) is 9.84 Å². The average molecular weight is 308 g/mol. The largest absolute Gasteiger partial charge is 0.496 e. The van der Waals surface area contributed by atoms with E-state index in [1.54, 1.807) is 0 Å². The van der Waals surface area contributed by atoms with E-state index in [1.807, 2.05) is 0 Å². The molecule has 0 spiro atoms. The zero-order chi connectivity index (χ0) is 16.1. The highest BCUT2D eigenvalue weighted by Crippen LogP contribution is 2.19. The molecule has 1 heterocycles. The normalized spacial score (nSPS) is 10.3. The molecular weight excluding hydrogens is 295 g/mol. The number of carboxylic acids is 1. The van der Waals surface area contributed by atoms with E-state index in [0.29, 0.717) is 0 Å². The van der Waals surface area contributed by atoms with Gasteiger partial charge < -0.3 is 15.2 Å². The Bertz CT molecular complexity index is 701. The number of aromatic carboxylic acids is 1. The summed E-state index contributed by atoms with van der Waals surface area (Å²) in [5.41, 5.74) is 0.0280. The fourth-order valence-electron chi connectivity index (χ4n) is 1.74. The molecule has 0 bridgehead atoms. The van der Waals surface area contributed by atoms with E-state index >= 15 is 0 Å². The van der Waals surface area contributed by atoms with Crippen LogP contribution in [0.1, 0.15) is 20.8 Å². The molecule has 0 fully saturated rings. The summed E-state index contributed by atoms with van der Waals surface area (Å²) < 4.78 is 19.3. The number of hydrogen-bond donors (Lipinski definition) is 2. The van der Waals surface area contributed by atoms with Gasteiger partial charge in [-0.15, -0.1) is 5.10 Å². The van der Waals surface area contributed by atoms with Gasteiger partial charge in [-0.1, -0.05) is 5.21 Å². The fraction of sp³-hybridized carbons (Fsp3) is 0.231. The lowest BCUT2D eigenvalue weighted by atomic mass is 10.2. The van der Waals surface area contributed by atoms with Crippen LogP contribution in [0.15, 0.2) is 24.4 Å². The molecule has 0 aliphatic rings. The van der Waals surface area contributed by atoms with Gasteiger partial charge in [0.15, 0.2) is 5.69 Å². The lowest BCUT2D eigenvalue weighted by Crippen LogP contribution is -2.27. The molecule has 0 unspecified atom stereocenters. The molecule has 0 aliphatic carbocycles. The molecule has 1 amide bonds. The summed E-state index contributed by atoms with van der Waals surface area (Å²) in [4.78, 5) is 22.6. The van der Waals surface area contributed by atoms with E-state index in [-0.39, 0.29) is 30.1 Å². The molecule has 9 heteroatoms. The van der Waals surface area contributed by atoms with Crippen molar-refractivity contribution in [3.63, 3.8) is 0 Å². The second kappa shape index (κ2) is 6.66. The molecule has 0 saturated carbocycles. The van der Waals surface area contributed by atoms with Crippen LogP contribution in [0, 0.1) is 5.82 Å². The maximum atomic E-state index is 13.1. The lowest BCUT2D eigenvalue weighted by Gasteiger charge is -2.09. The van der Waals surface area contributed by atoms with Gasteiger partial charge in [0.05, 0.1) is 25.4 Å². The molecule has 1 aromatic heterocycles. The number of nitrogens with one attached hydrogen (secondary N) is 1. The Labute approximate surface area is 124 Å². The number of carbonyl (C=O) groups excluding carboxylic acids is 1. The van der Waals surface area contributed by atoms with Gasteiger partial charge in [0.2, 0.25) is 0 Å². The molecule has 0 radical (unpaired) electrons. The lowest BCUT2D eigenvalue weighted by molar-refractivity contribution is 0.0690. The summed E-state index contributed by atoms with van der Waals surface area (Å²) in [6.07, 6.45) is 1.26. The average Bonchev–Trinajstić information content (AvgIpc) is 2.96. The number of benzene rings is 1. The van der Waals surface area contributed by atoms with Crippen LogP contribution < -0.4 is 10.1 Å². The fourth-order valence-corrected chi connectivity index (χ4v) is 1.74. The SMILES string of the molecule is COc1cc(F)ccc1C(=O)NCCn1cc(C(=O)O)nn1. The smallest absolute Gasteiger partial charge is 0.358 e. The number of methoxy groups -OCH3 is 1. The highest BCUT2D eigenvalue weighted by molar-refractivity contribution is 5.96. The van der Waals surface area contributed by atoms with Gasteiger partial charge in [-0.05, 0) is 12.1 Å². The molecule has 2 N–H and O–H groups in total. The molecule has 0 saturated heterocycles. The second-order valence-corrected chi connectivity index (χ2v) is 4.27. The van der Waals surface area contributed by atoms with Crippen LogP contribution in [0.3, 0.4) is 0 Å². The highest BCUT2D eigenvalue weighted by atomic mass is 19.1. The Hall–Kier alpha value is -2.97. The second-order valence-electron chi connectivity index (χ2n) is 4.27. The highest BCUT2D eigenvalue weighted by Gasteiger charge is 2.13. The number of rotatable bonds is 6. The molecule has 116 valence electrons. The number of nitrogens with zero attached hydrogens (tertiary/aromatic N) is 3. The summed E-state index contributed by atoms with van der Waals surface area (Å²) >= 11 is 0. The van der Waals surface area contributed by atoms with Crippen LogP contribution in [0.4, 0.5) is 4.39 Å². The number of ether oxygens (including phenoxy) is 1. The molecule has 2 rings (SSSR count). The van der Waals surface area contributed by atoms with Crippen molar-refractivity contribution >= 4 is 11.9 Å². The standard InChI is InChI=1S/C13H13FN4O4/c1-22-11-6-8(14)2-3-9(11)12(19)15-4-5-18-7-10(13(20)21)16-17-18/h2-3,6-7H,4-5H2,1H3,(H,15,19)(H,20,21). The molecule has 8 nitrogen and oxygen atoms in total. The summed E-state index contributed by atoms with van der Waals surface area (Å²) in [5.74, 6) is -1.98. The first-order valence-corrected chi connectivity index (χ1v) is 6.26. The minimum absolute atomic E-state index is 0.131. The third-order valence-electron chi connectivity index (χ3n) is 2.79. The van der Waals surface area contributed by atoms with Gasteiger partial charge in [0.1, 0.15) is 11.6 Å². The van der Waals surface area contributed by atoms with Crippen LogP contribution in [-0.4, -0.2) is 45.6 Å². The zero-order valence-electron chi connectivity index (χ0n) is 11.6. The third-order valence-corrected chi connectivity index (χ3v) is 2.79. The summed E-state index contributed by atoms with van der Waals surface area (Å²) in [7, 11) is 1.34. The summed E-state index contributed by atoms with van der Waals surface area (Å²) in [5, 5.41) is 18.4.